The zero-order valence-corrected chi connectivity index (χ0v) is 9.54. The van der Waals surface area contributed by atoms with E-state index in [2.05, 4.69) is 5.32 Å². The number of hydrogen-bond donors (Lipinski definition) is 1. The van der Waals surface area contributed by atoms with Crippen LogP contribution in [0.2, 0.25) is 0 Å². The Labute approximate surface area is 90.1 Å². The van der Waals surface area contributed by atoms with Crippen molar-refractivity contribution in [1.29, 1.82) is 0 Å². The van der Waals surface area contributed by atoms with Crippen molar-refractivity contribution in [2.45, 2.75) is 32.5 Å². The molecule has 0 radical (unpaired) electrons. The molecule has 0 aliphatic carbocycles. The SMILES string of the molecule is CC(C)(C)OC(=O)OCC1CNCCO1. The van der Waals surface area contributed by atoms with Gasteiger partial charge in [-0.3, -0.25) is 0 Å². The minimum absolute atomic E-state index is 0.0636. The molecule has 0 aromatic heterocycles. The number of morpholine rings is 1. The molecular weight excluding hydrogens is 198 g/mol. The average Bonchev–Trinajstić information content (AvgIpc) is 2.14. The summed E-state index contributed by atoms with van der Waals surface area (Å²) >= 11 is 0. The molecule has 0 saturated carbocycles. The lowest BCUT2D eigenvalue weighted by molar-refractivity contribution is -0.0487. The van der Waals surface area contributed by atoms with Gasteiger partial charge in [-0.15, -0.1) is 0 Å². The zero-order chi connectivity index (χ0) is 11.3. The summed E-state index contributed by atoms with van der Waals surface area (Å²) in [4.78, 5) is 11.2. The molecule has 1 N–H and O–H groups in total. The molecule has 0 aromatic rings. The fourth-order valence-electron chi connectivity index (χ4n) is 1.17. The van der Waals surface area contributed by atoms with Crippen molar-refractivity contribution in [3.63, 3.8) is 0 Å². The Kier molecular flexibility index (Phi) is 4.35. The van der Waals surface area contributed by atoms with Crippen molar-refractivity contribution >= 4 is 6.16 Å². The number of carbonyl (C=O) groups is 1. The third-order valence-electron chi connectivity index (χ3n) is 1.78. The molecule has 1 heterocycles. The van der Waals surface area contributed by atoms with Crippen molar-refractivity contribution in [3.05, 3.63) is 0 Å². The van der Waals surface area contributed by atoms with E-state index in [0.29, 0.717) is 13.2 Å². The first-order valence-corrected chi connectivity index (χ1v) is 5.15. The highest BCUT2D eigenvalue weighted by atomic mass is 16.7. The van der Waals surface area contributed by atoms with Crippen molar-refractivity contribution in [3.8, 4) is 0 Å². The second-order valence-corrected chi connectivity index (χ2v) is 4.47. The molecule has 1 rings (SSSR count). The first kappa shape index (κ1) is 12.3. The predicted molar refractivity (Wildman–Crippen MR) is 54.8 cm³/mol. The largest absolute Gasteiger partial charge is 0.508 e. The maximum absolute atomic E-state index is 11.2. The van der Waals surface area contributed by atoms with Gasteiger partial charge in [-0.05, 0) is 20.8 Å². The standard InChI is InChI=1S/C10H19NO4/c1-10(2,3)15-9(12)14-7-8-6-11-4-5-13-8/h8,11H,4-7H2,1-3H3. The second kappa shape index (κ2) is 5.32. The average molecular weight is 217 g/mol. The van der Waals surface area contributed by atoms with Crippen LogP contribution in [0.25, 0.3) is 0 Å². The Hall–Kier alpha value is -0.810. The molecule has 0 bridgehead atoms. The van der Waals surface area contributed by atoms with Crippen LogP contribution in [0.4, 0.5) is 4.79 Å². The van der Waals surface area contributed by atoms with Gasteiger partial charge in [0.1, 0.15) is 18.3 Å². The van der Waals surface area contributed by atoms with Crippen LogP contribution >= 0.6 is 0 Å². The summed E-state index contributed by atoms with van der Waals surface area (Å²) in [6, 6.07) is 0. The van der Waals surface area contributed by atoms with E-state index >= 15 is 0 Å². The van der Waals surface area contributed by atoms with E-state index in [1.54, 1.807) is 20.8 Å². The Morgan fingerprint density at radius 1 is 1.53 bits per heavy atom. The third kappa shape index (κ3) is 5.59. The monoisotopic (exact) mass is 217 g/mol. The molecule has 5 heteroatoms. The fraction of sp³-hybridized carbons (Fsp3) is 0.900. The van der Waals surface area contributed by atoms with Gasteiger partial charge < -0.3 is 19.5 Å². The van der Waals surface area contributed by atoms with Crippen LogP contribution in [0.1, 0.15) is 20.8 Å². The van der Waals surface area contributed by atoms with Gasteiger partial charge in [0, 0.05) is 13.1 Å². The molecule has 0 spiro atoms. The summed E-state index contributed by atoms with van der Waals surface area (Å²) in [5.41, 5.74) is -0.511. The van der Waals surface area contributed by atoms with Gasteiger partial charge in [-0.2, -0.15) is 0 Å². The van der Waals surface area contributed by atoms with Gasteiger partial charge in [0.2, 0.25) is 0 Å². The van der Waals surface area contributed by atoms with Crippen LogP contribution in [0.3, 0.4) is 0 Å². The topological polar surface area (TPSA) is 56.8 Å². The predicted octanol–water partition coefficient (Wildman–Crippen LogP) is 0.926. The lowest BCUT2D eigenvalue weighted by Crippen LogP contribution is -2.41. The van der Waals surface area contributed by atoms with Gasteiger partial charge in [-0.1, -0.05) is 0 Å². The van der Waals surface area contributed by atoms with Crippen LogP contribution in [0.15, 0.2) is 0 Å². The molecule has 1 aliphatic rings. The fourth-order valence-corrected chi connectivity index (χ4v) is 1.17. The molecule has 0 amide bonds. The molecule has 0 aromatic carbocycles. The van der Waals surface area contributed by atoms with Gasteiger partial charge in [0.25, 0.3) is 0 Å². The van der Waals surface area contributed by atoms with Gasteiger partial charge in [-0.25, -0.2) is 4.79 Å². The first-order valence-electron chi connectivity index (χ1n) is 5.15. The second-order valence-electron chi connectivity index (χ2n) is 4.47. The Bertz CT molecular complexity index is 206. The Morgan fingerprint density at radius 2 is 2.27 bits per heavy atom. The quantitative estimate of drug-likeness (QED) is 0.697. The maximum atomic E-state index is 11.2. The van der Waals surface area contributed by atoms with Gasteiger partial charge in [0.15, 0.2) is 0 Å². The highest BCUT2D eigenvalue weighted by molar-refractivity contribution is 5.60. The Balaban J connectivity index is 2.15. The summed E-state index contributed by atoms with van der Waals surface area (Å²) in [6.07, 6.45) is -0.706. The van der Waals surface area contributed by atoms with Crippen molar-refractivity contribution in [1.82, 2.24) is 5.32 Å². The highest BCUT2D eigenvalue weighted by Crippen LogP contribution is 2.08. The van der Waals surface area contributed by atoms with E-state index in [4.69, 9.17) is 14.2 Å². The third-order valence-corrected chi connectivity index (χ3v) is 1.78. The maximum Gasteiger partial charge on any atom is 0.508 e. The molecule has 15 heavy (non-hydrogen) atoms. The van der Waals surface area contributed by atoms with E-state index in [-0.39, 0.29) is 12.7 Å². The lowest BCUT2D eigenvalue weighted by Gasteiger charge is -2.24. The minimum Gasteiger partial charge on any atom is -0.431 e. The van der Waals surface area contributed by atoms with Gasteiger partial charge in [0.05, 0.1) is 6.61 Å². The summed E-state index contributed by atoms with van der Waals surface area (Å²) < 4.78 is 15.3. The van der Waals surface area contributed by atoms with E-state index in [0.717, 1.165) is 6.54 Å². The summed E-state index contributed by atoms with van der Waals surface area (Å²) in [5, 5.41) is 3.15. The normalized spacial score (nSPS) is 22.2. The number of hydrogen-bond acceptors (Lipinski definition) is 5. The molecule has 1 atom stereocenters. The van der Waals surface area contributed by atoms with E-state index < -0.39 is 11.8 Å². The first-order chi connectivity index (χ1) is 6.97. The van der Waals surface area contributed by atoms with Crippen LogP contribution in [0.5, 0.6) is 0 Å². The molecule has 1 saturated heterocycles. The highest BCUT2D eigenvalue weighted by Gasteiger charge is 2.20. The van der Waals surface area contributed by atoms with Crippen LogP contribution in [-0.2, 0) is 14.2 Å². The summed E-state index contributed by atoms with van der Waals surface area (Å²) in [7, 11) is 0. The van der Waals surface area contributed by atoms with Crippen LogP contribution in [0, 0.1) is 0 Å². The molecule has 1 aliphatic heterocycles. The number of carbonyl (C=O) groups excluding carboxylic acids is 1. The van der Waals surface area contributed by atoms with E-state index in [1.165, 1.54) is 0 Å². The number of ether oxygens (including phenoxy) is 3. The smallest absolute Gasteiger partial charge is 0.431 e. The van der Waals surface area contributed by atoms with Crippen LogP contribution in [-0.4, -0.2) is 44.2 Å². The minimum atomic E-state index is -0.642. The lowest BCUT2D eigenvalue weighted by atomic mass is 10.2. The molecule has 5 nitrogen and oxygen atoms in total. The molecular formula is C10H19NO4. The van der Waals surface area contributed by atoms with Crippen LogP contribution < -0.4 is 5.32 Å². The molecule has 1 fully saturated rings. The van der Waals surface area contributed by atoms with Crippen molar-refractivity contribution in [2.75, 3.05) is 26.3 Å². The summed E-state index contributed by atoms with van der Waals surface area (Å²) in [5.74, 6) is 0. The number of rotatable bonds is 2. The van der Waals surface area contributed by atoms with Crippen molar-refractivity contribution in [2.24, 2.45) is 0 Å². The summed E-state index contributed by atoms with van der Waals surface area (Å²) in [6.45, 7) is 7.85. The zero-order valence-electron chi connectivity index (χ0n) is 9.54. The van der Waals surface area contributed by atoms with Crippen molar-refractivity contribution < 1.29 is 19.0 Å². The number of nitrogens with one attached hydrogen (secondary N) is 1. The van der Waals surface area contributed by atoms with E-state index in [1.807, 2.05) is 0 Å². The van der Waals surface area contributed by atoms with E-state index in [9.17, 15) is 4.79 Å². The molecule has 1 unspecified atom stereocenters. The molecule has 88 valence electrons. The van der Waals surface area contributed by atoms with Gasteiger partial charge >= 0.3 is 6.16 Å². The Morgan fingerprint density at radius 3 is 2.80 bits per heavy atom.